The molecule has 0 spiro atoms. The smallest absolute Gasteiger partial charge is 0.242 e. The van der Waals surface area contributed by atoms with E-state index < -0.39 is 10.0 Å². The Morgan fingerprint density at radius 2 is 2.05 bits per heavy atom. The number of hydrogen-bond donors (Lipinski definition) is 2. The van der Waals surface area contributed by atoms with Gasteiger partial charge in [0.25, 0.3) is 0 Å². The second-order valence-corrected chi connectivity index (χ2v) is 6.89. The molecule has 0 saturated heterocycles. The Bertz CT molecular complexity index is 680. The summed E-state index contributed by atoms with van der Waals surface area (Å²) in [6.07, 6.45) is 0. The lowest BCUT2D eigenvalue weighted by atomic mass is 10.3. The predicted molar refractivity (Wildman–Crippen MR) is 81.5 cm³/mol. The van der Waals surface area contributed by atoms with E-state index in [0.29, 0.717) is 18.8 Å². The van der Waals surface area contributed by atoms with E-state index in [1.54, 1.807) is 42.0 Å². The zero-order chi connectivity index (χ0) is 14.6. The molecule has 5 nitrogen and oxygen atoms in total. The number of hydrogen-bond acceptors (Lipinski definition) is 5. The second-order valence-electron chi connectivity index (χ2n) is 4.21. The third kappa shape index (κ3) is 3.36. The van der Waals surface area contributed by atoms with Crippen molar-refractivity contribution in [2.45, 2.75) is 25.3 Å². The van der Waals surface area contributed by atoms with Crippen molar-refractivity contribution >= 4 is 27.0 Å². The van der Waals surface area contributed by atoms with Crippen molar-refractivity contribution in [3.63, 3.8) is 0 Å². The van der Waals surface area contributed by atoms with Gasteiger partial charge in [-0.25, -0.2) is 18.1 Å². The van der Waals surface area contributed by atoms with Gasteiger partial charge in [0.05, 0.1) is 23.4 Å². The van der Waals surface area contributed by atoms with Gasteiger partial charge in [0.2, 0.25) is 10.0 Å². The zero-order valence-corrected chi connectivity index (χ0v) is 13.0. The summed E-state index contributed by atoms with van der Waals surface area (Å²) in [5.74, 6) is 0. The summed E-state index contributed by atoms with van der Waals surface area (Å²) in [5, 5.41) is 3.17. The summed E-state index contributed by atoms with van der Waals surface area (Å²) in [6, 6.07) is 6.89. The molecule has 0 unspecified atom stereocenters. The van der Waals surface area contributed by atoms with Crippen molar-refractivity contribution in [2.75, 3.05) is 11.9 Å². The first-order chi connectivity index (χ1) is 9.54. The molecule has 0 fully saturated rings. The Balaban J connectivity index is 2.23. The van der Waals surface area contributed by atoms with E-state index in [1.165, 1.54) is 0 Å². The van der Waals surface area contributed by atoms with Crippen LogP contribution >= 0.6 is 11.3 Å². The van der Waals surface area contributed by atoms with Gasteiger partial charge in [0.1, 0.15) is 4.90 Å². The van der Waals surface area contributed by atoms with Crippen LogP contribution in [0.1, 0.15) is 17.5 Å². The Morgan fingerprint density at radius 3 is 2.70 bits per heavy atom. The molecule has 2 N–H and O–H groups in total. The van der Waals surface area contributed by atoms with Crippen molar-refractivity contribution < 1.29 is 8.42 Å². The van der Waals surface area contributed by atoms with Crippen molar-refractivity contribution in [2.24, 2.45) is 0 Å². The van der Waals surface area contributed by atoms with Gasteiger partial charge in [0.15, 0.2) is 0 Å². The molecule has 0 aliphatic heterocycles. The van der Waals surface area contributed by atoms with Gasteiger partial charge in [-0.1, -0.05) is 19.1 Å². The molecule has 0 aliphatic carbocycles. The number of sulfonamides is 1. The molecule has 2 rings (SSSR count). The molecule has 7 heteroatoms. The lowest BCUT2D eigenvalue weighted by molar-refractivity contribution is 0.584. The molecule has 0 radical (unpaired) electrons. The third-order valence-corrected chi connectivity index (χ3v) is 5.33. The van der Waals surface area contributed by atoms with E-state index in [2.05, 4.69) is 15.0 Å². The molecule has 0 atom stereocenters. The highest BCUT2D eigenvalue weighted by molar-refractivity contribution is 7.89. The Hall–Kier alpha value is -1.44. The topological polar surface area (TPSA) is 71.1 Å². The van der Waals surface area contributed by atoms with Crippen molar-refractivity contribution in [1.82, 2.24) is 9.71 Å². The molecule has 2 aromatic rings. The highest BCUT2D eigenvalue weighted by Gasteiger charge is 2.17. The summed E-state index contributed by atoms with van der Waals surface area (Å²) in [6.45, 7) is 4.63. The summed E-state index contributed by atoms with van der Waals surface area (Å²) in [4.78, 5) is 5.54. The van der Waals surface area contributed by atoms with Crippen molar-refractivity contribution in [3.8, 4) is 0 Å². The van der Waals surface area contributed by atoms with Crippen molar-refractivity contribution in [1.29, 1.82) is 0 Å². The zero-order valence-electron chi connectivity index (χ0n) is 11.4. The van der Waals surface area contributed by atoms with Crippen LogP contribution in [0, 0.1) is 6.92 Å². The number of anilines is 1. The normalized spacial score (nSPS) is 11.5. The molecule has 0 bridgehead atoms. The minimum atomic E-state index is -3.47. The monoisotopic (exact) mass is 311 g/mol. The molecule has 20 heavy (non-hydrogen) atoms. The first kappa shape index (κ1) is 15.0. The fraction of sp³-hybridized carbons (Fsp3) is 0.308. The highest BCUT2D eigenvalue weighted by Crippen LogP contribution is 2.22. The van der Waals surface area contributed by atoms with Crippen LogP contribution in [0.25, 0.3) is 0 Å². The average Bonchev–Trinajstić information content (AvgIpc) is 2.82. The van der Waals surface area contributed by atoms with E-state index in [0.717, 1.165) is 10.6 Å². The third-order valence-electron chi connectivity index (χ3n) is 2.80. The quantitative estimate of drug-likeness (QED) is 0.859. The number of nitrogens with zero attached hydrogens (tertiary/aromatic N) is 1. The molecule has 1 aromatic heterocycles. The van der Waals surface area contributed by atoms with Crippen LogP contribution < -0.4 is 10.0 Å². The van der Waals surface area contributed by atoms with E-state index in [9.17, 15) is 8.42 Å². The summed E-state index contributed by atoms with van der Waals surface area (Å²) in [5.41, 5.74) is 3.35. The molecule has 1 aromatic carbocycles. The van der Waals surface area contributed by atoms with Crippen LogP contribution in [0.5, 0.6) is 0 Å². The fourth-order valence-corrected chi connectivity index (χ4v) is 3.73. The molecule has 0 aliphatic rings. The molecule has 1 heterocycles. The van der Waals surface area contributed by atoms with Gasteiger partial charge < -0.3 is 5.32 Å². The number of aryl methyl sites for hydroxylation is 1. The lowest BCUT2D eigenvalue weighted by Gasteiger charge is -2.12. The summed E-state index contributed by atoms with van der Waals surface area (Å²) in [7, 11) is -3.47. The Labute approximate surface area is 123 Å². The number of thiazole rings is 1. The van der Waals surface area contributed by atoms with Crippen LogP contribution in [-0.4, -0.2) is 19.9 Å². The summed E-state index contributed by atoms with van der Waals surface area (Å²) < 4.78 is 26.7. The van der Waals surface area contributed by atoms with E-state index in [-0.39, 0.29) is 4.90 Å². The molecule has 0 saturated carbocycles. The van der Waals surface area contributed by atoms with Gasteiger partial charge in [0, 0.05) is 11.4 Å². The Kier molecular flexibility index (Phi) is 4.74. The molecular weight excluding hydrogens is 294 g/mol. The van der Waals surface area contributed by atoms with Crippen LogP contribution in [0.3, 0.4) is 0 Å². The number of rotatable bonds is 6. The van der Waals surface area contributed by atoms with Gasteiger partial charge in [-0.15, -0.1) is 11.3 Å². The van der Waals surface area contributed by atoms with E-state index >= 15 is 0 Å². The van der Waals surface area contributed by atoms with Crippen LogP contribution in [0.4, 0.5) is 5.69 Å². The number of para-hydroxylation sites is 1. The number of benzene rings is 1. The van der Waals surface area contributed by atoms with Crippen LogP contribution in [0.15, 0.2) is 34.7 Å². The SMILES string of the molecule is CCNS(=O)(=O)c1ccccc1NCc1scnc1C. The standard InChI is InChI=1S/C13H17N3O2S2/c1-3-16-20(17,18)13-7-5-4-6-11(13)14-8-12-10(2)15-9-19-12/h4-7,9,14,16H,3,8H2,1-2H3. The van der Waals surface area contributed by atoms with Crippen LogP contribution in [0.2, 0.25) is 0 Å². The Morgan fingerprint density at radius 1 is 1.30 bits per heavy atom. The molecule has 108 valence electrons. The number of aromatic nitrogens is 1. The maximum absolute atomic E-state index is 12.1. The minimum absolute atomic E-state index is 0.268. The van der Waals surface area contributed by atoms with Gasteiger partial charge >= 0.3 is 0 Å². The predicted octanol–water partition coefficient (Wildman–Crippen LogP) is 2.36. The van der Waals surface area contributed by atoms with Gasteiger partial charge in [-0.3, -0.25) is 0 Å². The first-order valence-electron chi connectivity index (χ1n) is 6.26. The largest absolute Gasteiger partial charge is 0.379 e. The average molecular weight is 311 g/mol. The van der Waals surface area contributed by atoms with Crippen LogP contribution in [-0.2, 0) is 16.6 Å². The highest BCUT2D eigenvalue weighted by atomic mass is 32.2. The van der Waals surface area contributed by atoms with E-state index in [1.807, 2.05) is 13.0 Å². The maximum atomic E-state index is 12.1. The lowest BCUT2D eigenvalue weighted by Crippen LogP contribution is -2.24. The fourth-order valence-electron chi connectivity index (χ4n) is 1.79. The second kappa shape index (κ2) is 6.34. The maximum Gasteiger partial charge on any atom is 0.242 e. The summed E-state index contributed by atoms with van der Waals surface area (Å²) >= 11 is 1.55. The van der Waals surface area contributed by atoms with E-state index in [4.69, 9.17) is 0 Å². The number of nitrogens with one attached hydrogen (secondary N) is 2. The van der Waals surface area contributed by atoms with Gasteiger partial charge in [-0.2, -0.15) is 0 Å². The van der Waals surface area contributed by atoms with Crippen molar-refractivity contribution in [3.05, 3.63) is 40.3 Å². The van der Waals surface area contributed by atoms with Gasteiger partial charge in [-0.05, 0) is 19.1 Å². The molecule has 0 amide bonds. The minimum Gasteiger partial charge on any atom is -0.379 e. The first-order valence-corrected chi connectivity index (χ1v) is 8.62. The molecular formula is C13H17N3O2S2.